The van der Waals surface area contributed by atoms with Crippen LogP contribution in [-0.2, 0) is 6.54 Å². The minimum absolute atomic E-state index is 0.276. The Morgan fingerprint density at radius 1 is 1.38 bits per heavy atom. The van der Waals surface area contributed by atoms with Crippen LogP contribution in [0.25, 0.3) is 11.5 Å². The molecule has 6 heteroatoms. The highest BCUT2D eigenvalue weighted by molar-refractivity contribution is 5.56. The summed E-state index contributed by atoms with van der Waals surface area (Å²) in [6.07, 6.45) is 5.12. The number of nitrogens with one attached hydrogen (secondary N) is 1. The van der Waals surface area contributed by atoms with Gasteiger partial charge in [0.15, 0.2) is 5.76 Å². The predicted molar refractivity (Wildman–Crippen MR) is 93.7 cm³/mol. The quantitative estimate of drug-likeness (QED) is 0.814. The Hall–Kier alpha value is -1.63. The van der Waals surface area contributed by atoms with E-state index < -0.39 is 0 Å². The molecule has 0 aromatic carbocycles. The molecule has 132 valence electrons. The summed E-state index contributed by atoms with van der Waals surface area (Å²) in [5.74, 6) is 1.77. The first-order valence-electron chi connectivity index (χ1n) is 8.80. The summed E-state index contributed by atoms with van der Waals surface area (Å²) in [6, 6.07) is 4.60. The molecule has 0 saturated carbocycles. The number of aromatic nitrogens is 2. The van der Waals surface area contributed by atoms with Crippen LogP contribution in [0, 0.1) is 6.92 Å². The number of aryl methyl sites for hydroxylation is 1. The fourth-order valence-corrected chi connectivity index (χ4v) is 3.48. The van der Waals surface area contributed by atoms with Gasteiger partial charge in [0.05, 0.1) is 6.20 Å². The third-order valence-corrected chi connectivity index (χ3v) is 4.95. The Balaban J connectivity index is 1.55. The zero-order valence-corrected chi connectivity index (χ0v) is 14.7. The van der Waals surface area contributed by atoms with Crippen LogP contribution in [0.3, 0.4) is 0 Å². The summed E-state index contributed by atoms with van der Waals surface area (Å²) in [6.45, 7) is 6.30. The summed E-state index contributed by atoms with van der Waals surface area (Å²) >= 11 is 0. The van der Waals surface area contributed by atoms with Crippen LogP contribution in [0.5, 0.6) is 0 Å². The summed E-state index contributed by atoms with van der Waals surface area (Å²) in [4.78, 5) is 4.88. The van der Waals surface area contributed by atoms with E-state index in [1.807, 2.05) is 25.3 Å². The van der Waals surface area contributed by atoms with Crippen LogP contribution in [0.4, 0.5) is 0 Å². The number of nitrogens with zero attached hydrogens (tertiary/aromatic N) is 3. The average Bonchev–Trinajstić information content (AvgIpc) is 3.22. The first-order chi connectivity index (χ1) is 11.7. The van der Waals surface area contributed by atoms with Gasteiger partial charge in [0.25, 0.3) is 0 Å². The molecule has 3 heterocycles. The highest BCUT2D eigenvalue weighted by atomic mass is 16.3. The zero-order valence-electron chi connectivity index (χ0n) is 14.7. The van der Waals surface area contributed by atoms with Crippen molar-refractivity contribution in [2.75, 3.05) is 33.3 Å². The monoisotopic (exact) mass is 332 g/mol. The Kier molecular flexibility index (Phi) is 5.71. The summed E-state index contributed by atoms with van der Waals surface area (Å²) in [5.41, 5.74) is 2.18. The van der Waals surface area contributed by atoms with Gasteiger partial charge in [0.2, 0.25) is 0 Å². The number of aromatic amines is 1. The molecule has 0 atom stereocenters. The molecule has 0 unspecified atom stereocenters. The zero-order chi connectivity index (χ0) is 16.9. The SMILES string of the molecule is Cc1ccc(-c2[nH]ncc2CN2CCC(N(C)CCCO)CC2)o1. The second-order valence-corrected chi connectivity index (χ2v) is 6.75. The molecule has 0 radical (unpaired) electrons. The van der Waals surface area contributed by atoms with Gasteiger partial charge in [0, 0.05) is 31.3 Å². The number of furan rings is 1. The maximum Gasteiger partial charge on any atom is 0.152 e. The Bertz CT molecular complexity index is 629. The molecule has 1 aliphatic heterocycles. The number of piperidine rings is 1. The first kappa shape index (κ1) is 17.2. The van der Waals surface area contributed by atoms with Crippen molar-refractivity contribution in [3.63, 3.8) is 0 Å². The highest BCUT2D eigenvalue weighted by Gasteiger charge is 2.23. The van der Waals surface area contributed by atoms with Gasteiger partial charge >= 0.3 is 0 Å². The third kappa shape index (κ3) is 4.06. The minimum atomic E-state index is 0.276. The molecule has 2 aromatic heterocycles. The molecule has 2 aromatic rings. The molecule has 0 bridgehead atoms. The third-order valence-electron chi connectivity index (χ3n) is 4.95. The number of hydrogen-bond acceptors (Lipinski definition) is 5. The van der Waals surface area contributed by atoms with Gasteiger partial charge < -0.3 is 14.4 Å². The number of H-pyrrole nitrogens is 1. The molecule has 0 aliphatic carbocycles. The average molecular weight is 332 g/mol. The molecule has 3 rings (SSSR count). The molecule has 1 fully saturated rings. The number of hydrogen-bond donors (Lipinski definition) is 2. The molecule has 1 aliphatic rings. The van der Waals surface area contributed by atoms with Gasteiger partial charge in [-0.15, -0.1) is 0 Å². The van der Waals surface area contributed by atoms with Crippen molar-refractivity contribution < 1.29 is 9.52 Å². The van der Waals surface area contributed by atoms with Crippen molar-refractivity contribution >= 4 is 0 Å². The van der Waals surface area contributed by atoms with Crippen molar-refractivity contribution in [1.29, 1.82) is 0 Å². The lowest BCUT2D eigenvalue weighted by atomic mass is 10.0. The number of aliphatic hydroxyl groups is 1. The molecular formula is C18H28N4O2. The Morgan fingerprint density at radius 3 is 2.83 bits per heavy atom. The van der Waals surface area contributed by atoms with Gasteiger partial charge in [-0.3, -0.25) is 10.00 Å². The second-order valence-electron chi connectivity index (χ2n) is 6.75. The van der Waals surface area contributed by atoms with Crippen molar-refractivity contribution in [1.82, 2.24) is 20.0 Å². The fourth-order valence-electron chi connectivity index (χ4n) is 3.48. The molecule has 6 nitrogen and oxygen atoms in total. The van der Waals surface area contributed by atoms with Crippen molar-refractivity contribution in [3.05, 3.63) is 29.7 Å². The molecule has 0 amide bonds. The van der Waals surface area contributed by atoms with Gasteiger partial charge in [-0.05, 0) is 58.5 Å². The van der Waals surface area contributed by atoms with Gasteiger partial charge in [0.1, 0.15) is 11.5 Å². The summed E-state index contributed by atoms with van der Waals surface area (Å²) < 4.78 is 5.73. The van der Waals surface area contributed by atoms with Crippen LogP contribution >= 0.6 is 0 Å². The standard InChI is InChI=1S/C18H28N4O2/c1-14-4-5-17(24-14)18-15(12-19-20-18)13-22-9-6-16(7-10-22)21(2)8-3-11-23/h4-5,12,16,23H,3,6-11,13H2,1-2H3,(H,19,20). The smallest absolute Gasteiger partial charge is 0.152 e. The van der Waals surface area contributed by atoms with Gasteiger partial charge in [-0.2, -0.15) is 5.10 Å². The highest BCUT2D eigenvalue weighted by Crippen LogP contribution is 2.25. The van der Waals surface area contributed by atoms with E-state index in [1.54, 1.807) is 0 Å². The van der Waals surface area contributed by atoms with Crippen molar-refractivity contribution in [2.45, 2.75) is 38.8 Å². The molecule has 24 heavy (non-hydrogen) atoms. The lowest BCUT2D eigenvalue weighted by Crippen LogP contribution is -2.43. The van der Waals surface area contributed by atoms with E-state index in [0.29, 0.717) is 6.04 Å². The molecule has 0 spiro atoms. The molecule has 1 saturated heterocycles. The van der Waals surface area contributed by atoms with E-state index in [1.165, 1.54) is 18.4 Å². The summed E-state index contributed by atoms with van der Waals surface area (Å²) in [7, 11) is 2.17. The van der Waals surface area contributed by atoms with Crippen LogP contribution in [-0.4, -0.2) is 64.4 Å². The van der Waals surface area contributed by atoms with Crippen molar-refractivity contribution in [3.8, 4) is 11.5 Å². The van der Waals surface area contributed by atoms with Crippen LogP contribution < -0.4 is 0 Å². The first-order valence-corrected chi connectivity index (χ1v) is 8.80. The fraction of sp³-hybridized carbons (Fsp3) is 0.611. The van der Waals surface area contributed by atoms with Crippen LogP contribution in [0.15, 0.2) is 22.7 Å². The van der Waals surface area contributed by atoms with Gasteiger partial charge in [-0.25, -0.2) is 0 Å². The van der Waals surface area contributed by atoms with E-state index >= 15 is 0 Å². The topological polar surface area (TPSA) is 68.5 Å². The van der Waals surface area contributed by atoms with Crippen LogP contribution in [0.2, 0.25) is 0 Å². The Morgan fingerprint density at radius 2 is 2.17 bits per heavy atom. The van der Waals surface area contributed by atoms with Crippen LogP contribution in [0.1, 0.15) is 30.6 Å². The molecular weight excluding hydrogens is 304 g/mol. The van der Waals surface area contributed by atoms with E-state index in [0.717, 1.165) is 49.8 Å². The van der Waals surface area contributed by atoms with Gasteiger partial charge in [-0.1, -0.05) is 0 Å². The van der Waals surface area contributed by atoms with E-state index in [2.05, 4.69) is 27.0 Å². The second kappa shape index (κ2) is 7.96. The minimum Gasteiger partial charge on any atom is -0.460 e. The summed E-state index contributed by atoms with van der Waals surface area (Å²) in [5, 5.41) is 16.2. The lowest BCUT2D eigenvalue weighted by molar-refractivity contribution is 0.117. The van der Waals surface area contributed by atoms with E-state index in [9.17, 15) is 0 Å². The number of aliphatic hydroxyl groups excluding tert-OH is 1. The number of likely N-dealkylation sites (tertiary alicyclic amines) is 1. The maximum atomic E-state index is 8.97. The molecule has 2 N–H and O–H groups in total. The predicted octanol–water partition coefficient (Wildman–Crippen LogP) is 2.26. The lowest BCUT2D eigenvalue weighted by Gasteiger charge is -2.36. The largest absolute Gasteiger partial charge is 0.460 e. The van der Waals surface area contributed by atoms with Crippen molar-refractivity contribution in [2.24, 2.45) is 0 Å². The normalized spacial score (nSPS) is 17.0. The maximum absolute atomic E-state index is 8.97. The number of rotatable bonds is 7. The Labute approximate surface area is 143 Å². The van der Waals surface area contributed by atoms with E-state index in [-0.39, 0.29) is 6.61 Å². The van der Waals surface area contributed by atoms with E-state index in [4.69, 9.17) is 9.52 Å².